The Bertz CT molecular complexity index is 800. The van der Waals surface area contributed by atoms with Gasteiger partial charge in [0.25, 0.3) is 5.91 Å². The molecule has 0 fully saturated rings. The molecule has 0 bridgehead atoms. The van der Waals surface area contributed by atoms with Crippen molar-refractivity contribution in [3.63, 3.8) is 0 Å². The third kappa shape index (κ3) is 2.20. The van der Waals surface area contributed by atoms with Gasteiger partial charge in [0.1, 0.15) is 22.7 Å². The average molecular weight is 274 g/mol. The molecule has 0 atom stereocenters. The number of carbonyl (C=O) groups is 1. The van der Waals surface area contributed by atoms with Gasteiger partial charge in [0.2, 0.25) is 0 Å². The summed E-state index contributed by atoms with van der Waals surface area (Å²) in [5.74, 6) is -2.05. The lowest BCUT2D eigenvalue weighted by Crippen LogP contribution is -2.13. The van der Waals surface area contributed by atoms with Gasteiger partial charge in [-0.1, -0.05) is 0 Å². The molecule has 0 aliphatic heterocycles. The molecule has 0 spiro atoms. The number of fused-ring (bicyclic) bond motifs is 1. The van der Waals surface area contributed by atoms with E-state index in [-0.39, 0.29) is 5.69 Å². The monoisotopic (exact) mass is 274 g/mol. The molecule has 0 radical (unpaired) electrons. The largest absolute Gasteiger partial charge is 0.319 e. The minimum absolute atomic E-state index is 0.0864. The summed E-state index contributed by atoms with van der Waals surface area (Å²) in [7, 11) is 0. The lowest BCUT2D eigenvalue weighted by Gasteiger charge is -2.06. The Balaban J connectivity index is 1.88. The number of amides is 1. The summed E-state index contributed by atoms with van der Waals surface area (Å²) in [6, 6.07) is 7.62. The summed E-state index contributed by atoms with van der Waals surface area (Å²) in [5.41, 5.74) is 1.36. The van der Waals surface area contributed by atoms with Crippen LogP contribution >= 0.6 is 0 Å². The Kier molecular flexibility index (Phi) is 2.86. The molecule has 20 heavy (non-hydrogen) atoms. The molecule has 1 aromatic heterocycles. The molecular weight excluding hydrogens is 266 g/mol. The number of hydrogen-bond acceptors (Lipinski definition) is 3. The predicted molar refractivity (Wildman–Crippen MR) is 68.2 cm³/mol. The minimum atomic E-state index is -0.833. The van der Waals surface area contributed by atoms with E-state index >= 15 is 0 Å². The molecule has 2 aromatic carbocycles. The number of anilines is 1. The highest BCUT2D eigenvalue weighted by molar-refractivity contribution is 6.05. The summed E-state index contributed by atoms with van der Waals surface area (Å²) >= 11 is 0. The fourth-order valence-corrected chi connectivity index (χ4v) is 1.77. The van der Waals surface area contributed by atoms with Gasteiger partial charge in [0, 0.05) is 11.6 Å². The van der Waals surface area contributed by atoms with Crippen molar-refractivity contribution in [2.45, 2.75) is 0 Å². The van der Waals surface area contributed by atoms with E-state index in [9.17, 15) is 13.6 Å². The van der Waals surface area contributed by atoms with Crippen molar-refractivity contribution in [2.75, 3.05) is 5.32 Å². The summed E-state index contributed by atoms with van der Waals surface area (Å²) < 4.78 is 26.2. The molecule has 0 aliphatic carbocycles. The number of nitrogens with one attached hydrogen (secondary N) is 2. The number of aromatic nitrogens is 3. The Hall–Kier alpha value is -2.83. The summed E-state index contributed by atoms with van der Waals surface area (Å²) in [6.07, 6.45) is 0. The van der Waals surface area contributed by atoms with E-state index in [1.807, 2.05) is 0 Å². The van der Waals surface area contributed by atoms with Crippen LogP contribution in [0.25, 0.3) is 11.0 Å². The quantitative estimate of drug-likeness (QED) is 0.754. The van der Waals surface area contributed by atoms with Crippen molar-refractivity contribution in [3.8, 4) is 0 Å². The summed E-state index contributed by atoms with van der Waals surface area (Å²) in [6.45, 7) is 0. The van der Waals surface area contributed by atoms with E-state index in [2.05, 4.69) is 20.7 Å². The topological polar surface area (TPSA) is 70.7 Å². The normalized spacial score (nSPS) is 10.7. The summed E-state index contributed by atoms with van der Waals surface area (Å²) in [5, 5.41) is 12.5. The molecule has 0 aliphatic rings. The molecule has 5 nitrogen and oxygen atoms in total. The van der Waals surface area contributed by atoms with Crippen LogP contribution in [0.1, 0.15) is 10.4 Å². The molecule has 3 aromatic rings. The number of H-pyrrole nitrogens is 1. The second kappa shape index (κ2) is 4.69. The average Bonchev–Trinajstić information content (AvgIpc) is 2.89. The molecule has 7 heteroatoms. The molecule has 0 saturated carbocycles. The maximum absolute atomic E-state index is 13.4. The maximum atomic E-state index is 13.4. The van der Waals surface area contributed by atoms with E-state index in [1.54, 1.807) is 12.1 Å². The lowest BCUT2D eigenvalue weighted by molar-refractivity contribution is 0.102. The smallest absolute Gasteiger partial charge is 0.255 e. The van der Waals surface area contributed by atoms with Crippen LogP contribution in [-0.2, 0) is 0 Å². The van der Waals surface area contributed by atoms with Gasteiger partial charge < -0.3 is 5.32 Å². The van der Waals surface area contributed by atoms with E-state index in [0.717, 1.165) is 12.1 Å². The molecular formula is C13H8F2N4O. The van der Waals surface area contributed by atoms with Crippen LogP contribution in [0.4, 0.5) is 14.5 Å². The number of hydrogen-bond donors (Lipinski definition) is 2. The second-order valence-electron chi connectivity index (χ2n) is 4.11. The van der Waals surface area contributed by atoms with E-state index < -0.39 is 17.5 Å². The van der Waals surface area contributed by atoms with Crippen molar-refractivity contribution in [1.82, 2.24) is 15.4 Å². The molecule has 3 rings (SSSR count). The number of rotatable bonds is 2. The van der Waals surface area contributed by atoms with Crippen LogP contribution in [0.2, 0.25) is 0 Å². The zero-order valence-electron chi connectivity index (χ0n) is 10.0. The molecule has 1 heterocycles. The molecule has 2 N–H and O–H groups in total. The van der Waals surface area contributed by atoms with Crippen LogP contribution < -0.4 is 5.32 Å². The van der Waals surface area contributed by atoms with Crippen molar-refractivity contribution < 1.29 is 13.6 Å². The number of aromatic amines is 1. The Labute approximate surface area is 111 Å². The Morgan fingerprint density at radius 2 is 1.85 bits per heavy atom. The van der Waals surface area contributed by atoms with Gasteiger partial charge in [-0.15, -0.1) is 0 Å². The van der Waals surface area contributed by atoms with Crippen LogP contribution in [0.15, 0.2) is 36.4 Å². The first-order valence-corrected chi connectivity index (χ1v) is 5.70. The van der Waals surface area contributed by atoms with E-state index in [0.29, 0.717) is 22.7 Å². The van der Waals surface area contributed by atoms with Gasteiger partial charge in [-0.2, -0.15) is 15.4 Å². The lowest BCUT2D eigenvalue weighted by atomic mass is 10.2. The maximum Gasteiger partial charge on any atom is 0.255 e. The fourth-order valence-electron chi connectivity index (χ4n) is 1.77. The fraction of sp³-hybridized carbons (Fsp3) is 0. The third-order valence-electron chi connectivity index (χ3n) is 2.76. The highest BCUT2D eigenvalue weighted by Crippen LogP contribution is 2.17. The van der Waals surface area contributed by atoms with Gasteiger partial charge >= 0.3 is 0 Å². The van der Waals surface area contributed by atoms with Crippen molar-refractivity contribution >= 4 is 22.6 Å². The van der Waals surface area contributed by atoms with Crippen LogP contribution in [-0.4, -0.2) is 21.3 Å². The zero-order chi connectivity index (χ0) is 14.1. The van der Waals surface area contributed by atoms with Crippen molar-refractivity contribution in [1.29, 1.82) is 0 Å². The predicted octanol–water partition coefficient (Wildman–Crippen LogP) is 2.49. The van der Waals surface area contributed by atoms with Gasteiger partial charge in [-0.3, -0.25) is 4.79 Å². The Morgan fingerprint density at radius 3 is 2.65 bits per heavy atom. The first-order chi connectivity index (χ1) is 9.63. The Morgan fingerprint density at radius 1 is 1.05 bits per heavy atom. The SMILES string of the molecule is O=C(Nc1ccc(F)cc1F)c1ccc2n[nH]nc2c1. The van der Waals surface area contributed by atoms with Gasteiger partial charge in [-0.05, 0) is 30.3 Å². The van der Waals surface area contributed by atoms with Crippen molar-refractivity contribution in [3.05, 3.63) is 53.6 Å². The van der Waals surface area contributed by atoms with Gasteiger partial charge in [-0.25, -0.2) is 8.78 Å². The molecule has 0 unspecified atom stereocenters. The molecule has 100 valence electrons. The highest BCUT2D eigenvalue weighted by Gasteiger charge is 2.11. The number of carbonyl (C=O) groups excluding carboxylic acids is 1. The number of halogens is 2. The van der Waals surface area contributed by atoms with E-state index in [4.69, 9.17) is 0 Å². The number of benzene rings is 2. The molecule has 1 amide bonds. The first kappa shape index (κ1) is 12.2. The number of nitrogens with zero attached hydrogens (tertiary/aromatic N) is 2. The van der Waals surface area contributed by atoms with Crippen LogP contribution in [0.5, 0.6) is 0 Å². The van der Waals surface area contributed by atoms with E-state index in [1.165, 1.54) is 6.07 Å². The molecule has 0 saturated heterocycles. The highest BCUT2D eigenvalue weighted by atomic mass is 19.1. The van der Waals surface area contributed by atoms with Crippen LogP contribution in [0.3, 0.4) is 0 Å². The van der Waals surface area contributed by atoms with Crippen LogP contribution in [0, 0.1) is 11.6 Å². The van der Waals surface area contributed by atoms with Crippen molar-refractivity contribution in [2.24, 2.45) is 0 Å². The standard InChI is InChI=1S/C13H8F2N4O/c14-8-2-4-10(9(15)6-8)16-13(20)7-1-3-11-12(5-7)18-19-17-11/h1-6H,(H,16,20)(H,17,18,19). The first-order valence-electron chi connectivity index (χ1n) is 5.70. The van der Waals surface area contributed by atoms with Gasteiger partial charge in [0.15, 0.2) is 0 Å². The minimum Gasteiger partial charge on any atom is -0.319 e. The summed E-state index contributed by atoms with van der Waals surface area (Å²) in [4.78, 5) is 12.0. The van der Waals surface area contributed by atoms with Gasteiger partial charge in [0.05, 0.1) is 5.69 Å². The third-order valence-corrected chi connectivity index (χ3v) is 2.76. The zero-order valence-corrected chi connectivity index (χ0v) is 10.0. The second-order valence-corrected chi connectivity index (χ2v) is 4.11.